The van der Waals surface area contributed by atoms with Crippen LogP contribution in [0.4, 0.5) is 0 Å². The van der Waals surface area contributed by atoms with Crippen molar-refractivity contribution in [1.82, 2.24) is 4.90 Å². The molecule has 7 heteroatoms. The second-order valence-corrected chi connectivity index (χ2v) is 8.91. The van der Waals surface area contributed by atoms with Crippen LogP contribution in [0.3, 0.4) is 0 Å². The van der Waals surface area contributed by atoms with Crippen molar-refractivity contribution in [3.05, 3.63) is 35.9 Å². The lowest BCUT2D eigenvalue weighted by molar-refractivity contribution is -0.141. The van der Waals surface area contributed by atoms with Crippen LogP contribution >= 0.6 is 7.37 Å². The predicted octanol–water partition coefficient (Wildman–Crippen LogP) is 1.72. The van der Waals surface area contributed by atoms with Gasteiger partial charge in [0.1, 0.15) is 0 Å². The molecule has 1 aliphatic rings. The minimum Gasteiger partial charge on any atom is -0.480 e. The van der Waals surface area contributed by atoms with Crippen LogP contribution in [0, 0.1) is 0 Å². The highest BCUT2D eigenvalue weighted by atomic mass is 31.2. The maximum atomic E-state index is 12.6. The molecule has 4 N–H and O–H groups in total. The normalized spacial score (nSPS) is 28.6. The zero-order valence-electron chi connectivity index (χ0n) is 13.2. The monoisotopic (exact) mass is 340 g/mol. The first kappa shape index (κ1) is 18.1. The van der Waals surface area contributed by atoms with Gasteiger partial charge in [0.05, 0.1) is 0 Å². The molecule has 2 rings (SSSR count). The molecule has 0 aromatic heterocycles. The third-order valence-corrected chi connectivity index (χ3v) is 7.27. The van der Waals surface area contributed by atoms with E-state index in [4.69, 9.17) is 5.73 Å². The number of benzene rings is 1. The fourth-order valence-corrected chi connectivity index (χ4v) is 5.38. The summed E-state index contributed by atoms with van der Waals surface area (Å²) in [6.45, 7) is 1.59. The van der Waals surface area contributed by atoms with Gasteiger partial charge in [-0.2, -0.15) is 0 Å². The molecule has 1 aromatic rings. The van der Waals surface area contributed by atoms with Crippen LogP contribution in [0.5, 0.6) is 0 Å². The second-order valence-electron chi connectivity index (χ2n) is 6.20. The zero-order chi connectivity index (χ0) is 16.9. The van der Waals surface area contributed by atoms with Gasteiger partial charge in [-0.25, -0.2) is 0 Å². The van der Waals surface area contributed by atoms with Crippen LogP contribution in [-0.2, 0) is 15.9 Å². The molecule has 0 radical (unpaired) electrons. The Balaban J connectivity index is 2.18. The molecule has 23 heavy (non-hydrogen) atoms. The first-order valence-electron chi connectivity index (χ1n) is 7.93. The molecule has 0 spiro atoms. The van der Waals surface area contributed by atoms with E-state index in [2.05, 4.69) is 0 Å². The molecule has 1 heterocycles. The van der Waals surface area contributed by atoms with Gasteiger partial charge in [0.25, 0.3) is 0 Å². The SMILES string of the molecule is NCCCCC1(C(=O)O)CN(Cc2ccccc2)CCP1(=O)O. The quantitative estimate of drug-likeness (QED) is 0.516. The van der Waals surface area contributed by atoms with Gasteiger partial charge in [-0.15, -0.1) is 0 Å². The first-order valence-corrected chi connectivity index (χ1v) is 9.77. The van der Waals surface area contributed by atoms with E-state index < -0.39 is 18.5 Å². The lowest BCUT2D eigenvalue weighted by atomic mass is 9.99. The fourth-order valence-electron chi connectivity index (χ4n) is 3.17. The summed E-state index contributed by atoms with van der Waals surface area (Å²) >= 11 is 0. The maximum absolute atomic E-state index is 12.6. The Bertz CT molecular complexity index is 581. The van der Waals surface area contributed by atoms with Crippen molar-refractivity contribution in [2.24, 2.45) is 5.73 Å². The van der Waals surface area contributed by atoms with E-state index in [1.54, 1.807) is 0 Å². The van der Waals surface area contributed by atoms with Crippen molar-refractivity contribution in [2.75, 3.05) is 25.8 Å². The summed E-state index contributed by atoms with van der Waals surface area (Å²) in [6.07, 6.45) is 1.42. The van der Waals surface area contributed by atoms with Gasteiger partial charge in [-0.05, 0) is 24.9 Å². The van der Waals surface area contributed by atoms with Crippen LogP contribution < -0.4 is 5.73 Å². The molecule has 0 aliphatic carbocycles. The van der Waals surface area contributed by atoms with E-state index >= 15 is 0 Å². The lowest BCUT2D eigenvalue weighted by Crippen LogP contribution is -2.53. The molecular formula is C16H25N2O4P. The number of unbranched alkanes of at least 4 members (excludes halogenated alkanes) is 1. The molecule has 2 unspecified atom stereocenters. The van der Waals surface area contributed by atoms with E-state index in [1.807, 2.05) is 35.2 Å². The number of carboxylic acids is 1. The van der Waals surface area contributed by atoms with Crippen molar-refractivity contribution in [3.8, 4) is 0 Å². The number of rotatable bonds is 7. The molecule has 1 aromatic carbocycles. The summed E-state index contributed by atoms with van der Waals surface area (Å²) in [5, 5.41) is 8.14. The molecule has 6 nitrogen and oxygen atoms in total. The standard InChI is InChI=1S/C16H25N2O4P/c17-9-5-4-8-16(15(19)20)13-18(10-11-23(16,21)22)12-14-6-2-1-3-7-14/h1-3,6-7H,4-5,8-13,17H2,(H,19,20)(H,21,22). The molecule has 0 bridgehead atoms. The molecular weight excluding hydrogens is 315 g/mol. The van der Waals surface area contributed by atoms with Crippen molar-refractivity contribution < 1.29 is 19.4 Å². The van der Waals surface area contributed by atoms with Gasteiger partial charge >= 0.3 is 5.97 Å². The first-order chi connectivity index (χ1) is 10.9. The summed E-state index contributed by atoms with van der Waals surface area (Å²) in [7, 11) is -3.75. The highest BCUT2D eigenvalue weighted by molar-refractivity contribution is 7.61. The second kappa shape index (κ2) is 7.58. The molecule has 2 atom stereocenters. The highest BCUT2D eigenvalue weighted by Crippen LogP contribution is 2.59. The predicted molar refractivity (Wildman–Crippen MR) is 89.7 cm³/mol. The van der Waals surface area contributed by atoms with Gasteiger partial charge in [-0.1, -0.05) is 36.8 Å². The van der Waals surface area contributed by atoms with E-state index in [9.17, 15) is 19.4 Å². The zero-order valence-corrected chi connectivity index (χ0v) is 14.1. The van der Waals surface area contributed by atoms with Crippen molar-refractivity contribution >= 4 is 13.3 Å². The van der Waals surface area contributed by atoms with E-state index in [0.29, 0.717) is 32.5 Å². The van der Waals surface area contributed by atoms with Gasteiger partial charge in [0, 0.05) is 25.8 Å². The Kier molecular flexibility index (Phi) is 5.98. The van der Waals surface area contributed by atoms with Crippen LogP contribution in [-0.4, -0.2) is 51.8 Å². The summed E-state index contributed by atoms with van der Waals surface area (Å²) in [6, 6.07) is 9.74. The van der Waals surface area contributed by atoms with Crippen LogP contribution in [0.25, 0.3) is 0 Å². The van der Waals surface area contributed by atoms with Gasteiger partial charge in [-0.3, -0.25) is 14.3 Å². The largest absolute Gasteiger partial charge is 0.480 e. The topological polar surface area (TPSA) is 104 Å². The molecule has 1 aliphatic heterocycles. The Morgan fingerprint density at radius 3 is 2.61 bits per heavy atom. The highest BCUT2D eigenvalue weighted by Gasteiger charge is 2.56. The van der Waals surface area contributed by atoms with Gasteiger partial charge in [0.2, 0.25) is 7.37 Å². The summed E-state index contributed by atoms with van der Waals surface area (Å²) in [5.74, 6) is -1.17. The van der Waals surface area contributed by atoms with Gasteiger partial charge in [0.15, 0.2) is 5.16 Å². The van der Waals surface area contributed by atoms with Crippen molar-refractivity contribution in [1.29, 1.82) is 0 Å². The maximum Gasteiger partial charge on any atom is 0.320 e. The number of carbonyl (C=O) groups is 1. The van der Waals surface area contributed by atoms with Crippen molar-refractivity contribution in [3.63, 3.8) is 0 Å². The number of hydrogen-bond donors (Lipinski definition) is 3. The molecule has 1 fully saturated rings. The Labute approximate surface area is 136 Å². The lowest BCUT2D eigenvalue weighted by Gasteiger charge is -2.43. The molecule has 1 saturated heterocycles. The van der Waals surface area contributed by atoms with Crippen molar-refractivity contribution in [2.45, 2.75) is 31.0 Å². The minimum atomic E-state index is -3.75. The average Bonchev–Trinajstić information content (AvgIpc) is 2.51. The molecule has 0 saturated carbocycles. The van der Waals surface area contributed by atoms with Crippen LogP contribution in [0.1, 0.15) is 24.8 Å². The third kappa shape index (κ3) is 4.01. The van der Waals surface area contributed by atoms with E-state index in [1.165, 1.54) is 0 Å². The average molecular weight is 340 g/mol. The fraction of sp³-hybridized carbons (Fsp3) is 0.562. The van der Waals surface area contributed by atoms with E-state index in [0.717, 1.165) is 5.56 Å². The number of carboxylic acid groups (broad SMARTS) is 1. The Morgan fingerprint density at radius 2 is 2.00 bits per heavy atom. The summed E-state index contributed by atoms with van der Waals surface area (Å²) in [4.78, 5) is 24.2. The molecule has 128 valence electrons. The number of hydrogen-bond acceptors (Lipinski definition) is 4. The minimum absolute atomic E-state index is 0.0226. The van der Waals surface area contributed by atoms with Crippen LogP contribution in [0.15, 0.2) is 30.3 Å². The summed E-state index contributed by atoms with van der Waals surface area (Å²) < 4.78 is 12.6. The number of nitrogens with two attached hydrogens (primary N) is 1. The molecule has 0 amide bonds. The number of aliphatic carboxylic acids is 1. The smallest absolute Gasteiger partial charge is 0.320 e. The number of nitrogens with zero attached hydrogens (tertiary/aromatic N) is 1. The van der Waals surface area contributed by atoms with E-state index in [-0.39, 0.29) is 19.1 Å². The van der Waals surface area contributed by atoms with Crippen LogP contribution in [0.2, 0.25) is 0 Å². The Hall–Kier alpha value is -1.20. The van der Waals surface area contributed by atoms with Gasteiger partial charge < -0.3 is 15.7 Å². The third-order valence-electron chi connectivity index (χ3n) is 4.56. The Morgan fingerprint density at radius 1 is 1.30 bits per heavy atom. The summed E-state index contributed by atoms with van der Waals surface area (Å²) in [5.41, 5.74) is 6.54.